The molecule has 1 saturated heterocycles. The molecule has 1 aromatic heterocycles. The molecule has 3 nitrogen and oxygen atoms in total. The van der Waals surface area contributed by atoms with Gasteiger partial charge in [-0.3, -0.25) is 0 Å². The molecular formula is C12H12BrF3N2OS. The van der Waals surface area contributed by atoms with Crippen LogP contribution in [0.15, 0.2) is 10.5 Å². The lowest BCUT2D eigenvalue weighted by Crippen LogP contribution is -2.52. The van der Waals surface area contributed by atoms with Gasteiger partial charge in [-0.25, -0.2) is 4.85 Å². The van der Waals surface area contributed by atoms with Crippen molar-refractivity contribution in [3.8, 4) is 0 Å². The summed E-state index contributed by atoms with van der Waals surface area (Å²) < 4.78 is 38.8. The van der Waals surface area contributed by atoms with Gasteiger partial charge < -0.3 is 10.0 Å². The molecule has 1 fully saturated rings. The van der Waals surface area contributed by atoms with Crippen molar-refractivity contribution in [3.63, 3.8) is 0 Å². The van der Waals surface area contributed by atoms with Gasteiger partial charge in [0.1, 0.15) is 0 Å². The van der Waals surface area contributed by atoms with Crippen LogP contribution in [0.2, 0.25) is 0 Å². The minimum absolute atomic E-state index is 0.295. The molecule has 1 N–H and O–H groups in total. The van der Waals surface area contributed by atoms with Gasteiger partial charge in [-0.15, -0.1) is 11.3 Å². The van der Waals surface area contributed by atoms with E-state index >= 15 is 0 Å². The summed E-state index contributed by atoms with van der Waals surface area (Å²) in [7, 11) is 0. The Labute approximate surface area is 127 Å². The van der Waals surface area contributed by atoms with Crippen molar-refractivity contribution < 1.29 is 18.3 Å². The summed E-state index contributed by atoms with van der Waals surface area (Å²) in [5.41, 5.74) is 0. The Bertz CT molecular complexity index is 526. The number of nitrogens with zero attached hydrogens (tertiary/aromatic N) is 2. The summed E-state index contributed by atoms with van der Waals surface area (Å²) in [6.07, 6.45) is -5.25. The molecular weight excluding hydrogens is 357 g/mol. The molecule has 1 aliphatic rings. The molecule has 2 unspecified atom stereocenters. The molecule has 2 atom stereocenters. The van der Waals surface area contributed by atoms with Crippen LogP contribution in [0.1, 0.15) is 19.3 Å². The standard InChI is InChI=1S/C12H12BrF3N2OS/c1-17-11-7(13)6-9(20-11)18-5-3-2-4-8(18)10(19)12(14,15)16/h6,8,10,19H,2-5H2. The first kappa shape index (κ1) is 15.6. The Morgan fingerprint density at radius 2 is 2.20 bits per heavy atom. The van der Waals surface area contributed by atoms with Crippen molar-refractivity contribution in [1.29, 1.82) is 0 Å². The number of aliphatic hydroxyl groups excluding tert-OH is 1. The molecule has 0 amide bonds. The maximum absolute atomic E-state index is 12.7. The summed E-state index contributed by atoms with van der Waals surface area (Å²) in [4.78, 5) is 4.89. The molecule has 8 heteroatoms. The zero-order valence-corrected chi connectivity index (χ0v) is 12.7. The van der Waals surface area contributed by atoms with Gasteiger partial charge in [0.2, 0.25) is 0 Å². The molecule has 0 aliphatic carbocycles. The highest BCUT2D eigenvalue weighted by Crippen LogP contribution is 2.43. The van der Waals surface area contributed by atoms with Crippen molar-refractivity contribution in [2.24, 2.45) is 0 Å². The quantitative estimate of drug-likeness (QED) is 0.786. The third-order valence-corrected chi connectivity index (χ3v) is 5.22. The summed E-state index contributed by atoms with van der Waals surface area (Å²) in [5.74, 6) is 0. The van der Waals surface area contributed by atoms with Crippen LogP contribution < -0.4 is 4.90 Å². The van der Waals surface area contributed by atoms with Crippen LogP contribution in [0.25, 0.3) is 4.85 Å². The van der Waals surface area contributed by atoms with E-state index in [1.54, 1.807) is 11.0 Å². The van der Waals surface area contributed by atoms with E-state index in [-0.39, 0.29) is 0 Å². The first-order chi connectivity index (χ1) is 9.34. The van der Waals surface area contributed by atoms with Gasteiger partial charge in [-0.2, -0.15) is 13.2 Å². The van der Waals surface area contributed by atoms with E-state index in [4.69, 9.17) is 6.57 Å². The molecule has 2 heterocycles. The second-order valence-corrected chi connectivity index (χ2v) is 6.46. The third-order valence-electron chi connectivity index (χ3n) is 3.29. The SMILES string of the molecule is [C-]#[N+]c1sc(N2CCCCC2C(O)C(F)(F)F)cc1Br. The van der Waals surface area contributed by atoms with Gasteiger partial charge in [0.05, 0.1) is 17.6 Å². The second kappa shape index (κ2) is 5.92. The van der Waals surface area contributed by atoms with E-state index in [1.165, 1.54) is 0 Å². The number of alkyl halides is 3. The highest BCUT2D eigenvalue weighted by atomic mass is 79.9. The molecule has 0 bridgehead atoms. The molecule has 0 saturated carbocycles. The topological polar surface area (TPSA) is 27.8 Å². The summed E-state index contributed by atoms with van der Waals surface area (Å²) >= 11 is 4.37. The van der Waals surface area contributed by atoms with E-state index in [0.717, 1.165) is 17.8 Å². The number of thiophene rings is 1. The molecule has 0 radical (unpaired) electrons. The molecule has 2 rings (SSSR count). The fourth-order valence-corrected chi connectivity index (χ4v) is 3.96. The van der Waals surface area contributed by atoms with E-state index in [2.05, 4.69) is 20.8 Å². The molecule has 0 aromatic carbocycles. The number of halogens is 4. The monoisotopic (exact) mass is 368 g/mol. The normalized spacial score (nSPS) is 21.6. The smallest absolute Gasteiger partial charge is 0.382 e. The number of rotatable bonds is 2. The lowest BCUT2D eigenvalue weighted by molar-refractivity contribution is -0.211. The number of anilines is 1. The van der Waals surface area contributed by atoms with Gasteiger partial charge in [-0.1, -0.05) is 15.9 Å². The Balaban J connectivity index is 2.29. The maximum atomic E-state index is 12.7. The number of hydrogen-bond donors (Lipinski definition) is 1. The van der Waals surface area contributed by atoms with E-state index < -0.39 is 18.3 Å². The van der Waals surface area contributed by atoms with Crippen LogP contribution in [0.4, 0.5) is 23.2 Å². The van der Waals surface area contributed by atoms with Gasteiger partial charge >= 0.3 is 6.18 Å². The number of aliphatic hydroxyl groups is 1. The first-order valence-corrected chi connectivity index (χ1v) is 7.63. The van der Waals surface area contributed by atoms with Crippen molar-refractivity contribution in [3.05, 3.63) is 22.0 Å². The van der Waals surface area contributed by atoms with Crippen LogP contribution in [0.5, 0.6) is 0 Å². The second-order valence-electron chi connectivity index (χ2n) is 4.59. The Morgan fingerprint density at radius 3 is 2.75 bits per heavy atom. The summed E-state index contributed by atoms with van der Waals surface area (Å²) in [5, 5.41) is 10.5. The minimum atomic E-state index is -4.63. The molecule has 110 valence electrons. The van der Waals surface area contributed by atoms with Gasteiger partial charge in [0.15, 0.2) is 6.10 Å². The maximum Gasteiger partial charge on any atom is 0.416 e. The highest BCUT2D eigenvalue weighted by molar-refractivity contribution is 9.10. The Kier molecular flexibility index (Phi) is 4.62. The van der Waals surface area contributed by atoms with Gasteiger partial charge in [-0.05, 0) is 25.3 Å². The molecule has 0 spiro atoms. The Morgan fingerprint density at radius 1 is 1.50 bits per heavy atom. The Hall–Kier alpha value is -0.780. The predicted octanol–water partition coefficient (Wildman–Crippen LogP) is 4.34. The minimum Gasteiger partial charge on any atom is -0.382 e. The fraction of sp³-hybridized carbons (Fsp3) is 0.583. The van der Waals surface area contributed by atoms with Crippen LogP contribution in [0, 0.1) is 6.57 Å². The molecule has 1 aromatic rings. The first-order valence-electron chi connectivity index (χ1n) is 6.03. The highest BCUT2D eigenvalue weighted by Gasteiger charge is 2.46. The number of piperidine rings is 1. The van der Waals surface area contributed by atoms with Gasteiger partial charge in [0.25, 0.3) is 5.00 Å². The average Bonchev–Trinajstić information content (AvgIpc) is 2.78. The predicted molar refractivity (Wildman–Crippen MR) is 75.3 cm³/mol. The van der Waals surface area contributed by atoms with Crippen molar-refractivity contribution in [1.82, 2.24) is 0 Å². The average molecular weight is 369 g/mol. The number of hydrogen-bond acceptors (Lipinski definition) is 3. The third kappa shape index (κ3) is 3.10. The zero-order chi connectivity index (χ0) is 14.9. The largest absolute Gasteiger partial charge is 0.416 e. The van der Waals surface area contributed by atoms with Crippen molar-refractivity contribution in [2.75, 3.05) is 11.4 Å². The van der Waals surface area contributed by atoms with Crippen LogP contribution in [0.3, 0.4) is 0 Å². The van der Waals surface area contributed by atoms with Crippen LogP contribution >= 0.6 is 27.3 Å². The van der Waals surface area contributed by atoms with Gasteiger partial charge in [0, 0.05) is 11.0 Å². The van der Waals surface area contributed by atoms with Crippen LogP contribution in [-0.4, -0.2) is 30.0 Å². The fourth-order valence-electron chi connectivity index (χ4n) is 2.34. The van der Waals surface area contributed by atoms with E-state index in [0.29, 0.717) is 33.9 Å². The van der Waals surface area contributed by atoms with E-state index in [1.807, 2.05) is 0 Å². The van der Waals surface area contributed by atoms with Crippen molar-refractivity contribution in [2.45, 2.75) is 37.6 Å². The van der Waals surface area contributed by atoms with Crippen molar-refractivity contribution >= 4 is 37.3 Å². The molecule has 20 heavy (non-hydrogen) atoms. The summed E-state index contributed by atoms with van der Waals surface area (Å²) in [6, 6.07) is 0.673. The van der Waals surface area contributed by atoms with Crippen LogP contribution in [-0.2, 0) is 0 Å². The molecule has 1 aliphatic heterocycles. The zero-order valence-electron chi connectivity index (χ0n) is 10.3. The lowest BCUT2D eigenvalue weighted by Gasteiger charge is -2.39. The van der Waals surface area contributed by atoms with E-state index in [9.17, 15) is 18.3 Å². The lowest BCUT2D eigenvalue weighted by atomic mass is 9.97. The summed E-state index contributed by atoms with van der Waals surface area (Å²) in [6.45, 7) is 7.46.